The largest absolute Gasteiger partial charge is 0.493 e. The average molecular weight is 290 g/mol. The van der Waals surface area contributed by atoms with Gasteiger partial charge in [0.05, 0.1) is 7.11 Å². The topological polar surface area (TPSA) is 61.2 Å². The summed E-state index contributed by atoms with van der Waals surface area (Å²) >= 11 is 0. The van der Waals surface area contributed by atoms with Gasteiger partial charge in [-0.15, -0.1) is 10.2 Å². The number of benzene rings is 1. The summed E-state index contributed by atoms with van der Waals surface area (Å²) in [5.41, 5.74) is 1.17. The molecule has 0 fully saturated rings. The Morgan fingerprint density at radius 2 is 2.14 bits per heavy atom. The van der Waals surface area contributed by atoms with Crippen LogP contribution < -0.4 is 14.8 Å². The molecular weight excluding hydrogens is 268 g/mol. The van der Waals surface area contributed by atoms with Gasteiger partial charge >= 0.3 is 0 Å². The lowest BCUT2D eigenvalue weighted by atomic mass is 10.2. The van der Waals surface area contributed by atoms with Crippen LogP contribution in [0.2, 0.25) is 0 Å². The summed E-state index contributed by atoms with van der Waals surface area (Å²) in [4.78, 5) is 0. The Hall–Kier alpha value is -2.08. The van der Waals surface area contributed by atoms with Crippen LogP contribution in [0, 0.1) is 0 Å². The fourth-order valence-electron chi connectivity index (χ4n) is 1.93. The molecule has 21 heavy (non-hydrogen) atoms. The Labute approximate surface area is 125 Å². The first-order valence-corrected chi connectivity index (χ1v) is 7.08. The minimum absolute atomic E-state index is 0.361. The first-order valence-electron chi connectivity index (χ1n) is 7.08. The molecule has 2 aromatic rings. The summed E-state index contributed by atoms with van der Waals surface area (Å²) in [6.45, 7) is 4.35. The molecule has 0 aliphatic rings. The smallest absolute Gasteiger partial charge is 0.170 e. The number of ether oxygens (including phenoxy) is 2. The van der Waals surface area contributed by atoms with Gasteiger partial charge in [-0.1, -0.05) is 13.0 Å². The third-order valence-corrected chi connectivity index (χ3v) is 3.15. The minimum atomic E-state index is 0.361. The predicted octanol–water partition coefficient (Wildman–Crippen LogP) is 1.90. The number of aryl methyl sites for hydroxylation is 1. The van der Waals surface area contributed by atoms with E-state index in [9.17, 15) is 0 Å². The summed E-state index contributed by atoms with van der Waals surface area (Å²) in [6, 6.07) is 5.96. The van der Waals surface area contributed by atoms with Gasteiger partial charge in [0, 0.05) is 13.6 Å². The van der Waals surface area contributed by atoms with Crippen LogP contribution in [0.1, 0.15) is 24.7 Å². The maximum absolute atomic E-state index is 5.77. The van der Waals surface area contributed by atoms with Crippen LogP contribution >= 0.6 is 0 Å². The van der Waals surface area contributed by atoms with Crippen LogP contribution in [-0.4, -0.2) is 28.4 Å². The van der Waals surface area contributed by atoms with Gasteiger partial charge in [0.1, 0.15) is 12.9 Å². The van der Waals surface area contributed by atoms with E-state index in [0.717, 1.165) is 31.1 Å². The van der Waals surface area contributed by atoms with Crippen LogP contribution in [0.3, 0.4) is 0 Å². The summed E-state index contributed by atoms with van der Waals surface area (Å²) in [6.07, 6.45) is 2.77. The van der Waals surface area contributed by atoms with E-state index < -0.39 is 0 Å². The second kappa shape index (κ2) is 7.64. The monoisotopic (exact) mass is 290 g/mol. The zero-order valence-electron chi connectivity index (χ0n) is 12.8. The van der Waals surface area contributed by atoms with Crippen molar-refractivity contribution < 1.29 is 9.47 Å². The van der Waals surface area contributed by atoms with Crippen LogP contribution in [0.4, 0.5) is 0 Å². The minimum Gasteiger partial charge on any atom is -0.493 e. The molecule has 1 aromatic carbocycles. The van der Waals surface area contributed by atoms with Crippen LogP contribution in [0.25, 0.3) is 0 Å². The molecule has 6 heteroatoms. The standard InChI is InChI=1S/C15H22N4O2/c1-4-7-16-9-12-5-6-13(14(8-12)20-3)21-10-15-18-17-11-19(15)2/h5-6,8,11,16H,4,7,9-10H2,1-3H3. The molecule has 0 atom stereocenters. The second-order valence-electron chi connectivity index (χ2n) is 4.81. The SMILES string of the molecule is CCCNCc1ccc(OCc2nncn2C)c(OC)c1. The molecule has 0 spiro atoms. The lowest BCUT2D eigenvalue weighted by molar-refractivity contribution is 0.272. The Bertz CT molecular complexity index is 569. The third-order valence-electron chi connectivity index (χ3n) is 3.15. The molecule has 0 saturated carbocycles. The van der Waals surface area contributed by atoms with Crippen molar-refractivity contribution >= 4 is 0 Å². The molecule has 6 nitrogen and oxygen atoms in total. The van der Waals surface area contributed by atoms with Crippen LogP contribution in [-0.2, 0) is 20.2 Å². The van der Waals surface area contributed by atoms with Gasteiger partial charge in [0.15, 0.2) is 17.3 Å². The van der Waals surface area contributed by atoms with Gasteiger partial charge in [-0.3, -0.25) is 0 Å². The van der Waals surface area contributed by atoms with E-state index in [0.29, 0.717) is 12.4 Å². The fraction of sp³-hybridized carbons (Fsp3) is 0.467. The zero-order valence-corrected chi connectivity index (χ0v) is 12.8. The summed E-state index contributed by atoms with van der Waals surface area (Å²) in [5.74, 6) is 2.21. The molecular formula is C15H22N4O2. The number of rotatable bonds is 8. The van der Waals surface area contributed by atoms with Gasteiger partial charge in [0.25, 0.3) is 0 Å². The highest BCUT2D eigenvalue weighted by atomic mass is 16.5. The molecule has 1 aromatic heterocycles. The van der Waals surface area contributed by atoms with Gasteiger partial charge in [-0.25, -0.2) is 0 Å². The quantitative estimate of drug-likeness (QED) is 0.752. The molecule has 0 radical (unpaired) electrons. The van der Waals surface area contributed by atoms with E-state index in [2.05, 4.69) is 22.4 Å². The molecule has 114 valence electrons. The van der Waals surface area contributed by atoms with Gasteiger partial charge in [-0.05, 0) is 30.7 Å². The Kier molecular flexibility index (Phi) is 5.57. The average Bonchev–Trinajstić information content (AvgIpc) is 2.91. The lowest BCUT2D eigenvalue weighted by Gasteiger charge is -2.12. The number of nitrogens with one attached hydrogen (secondary N) is 1. The summed E-state index contributed by atoms with van der Waals surface area (Å²) in [5, 5.41) is 11.2. The van der Waals surface area contributed by atoms with Gasteiger partial charge in [-0.2, -0.15) is 0 Å². The number of hydrogen-bond donors (Lipinski definition) is 1. The maximum Gasteiger partial charge on any atom is 0.170 e. The molecule has 2 rings (SSSR count). The maximum atomic E-state index is 5.77. The predicted molar refractivity (Wildman–Crippen MR) is 80.3 cm³/mol. The van der Waals surface area contributed by atoms with Crippen LogP contribution in [0.15, 0.2) is 24.5 Å². The van der Waals surface area contributed by atoms with E-state index in [1.807, 2.05) is 29.8 Å². The lowest BCUT2D eigenvalue weighted by Crippen LogP contribution is -2.13. The second-order valence-corrected chi connectivity index (χ2v) is 4.81. The first kappa shape index (κ1) is 15.3. The van der Waals surface area contributed by atoms with Crippen molar-refractivity contribution in [3.63, 3.8) is 0 Å². The Balaban J connectivity index is 2.00. The van der Waals surface area contributed by atoms with E-state index >= 15 is 0 Å². The van der Waals surface area contributed by atoms with E-state index in [1.54, 1.807) is 13.4 Å². The Morgan fingerprint density at radius 1 is 1.29 bits per heavy atom. The molecule has 1 heterocycles. The number of hydrogen-bond acceptors (Lipinski definition) is 5. The molecule has 0 saturated heterocycles. The number of methoxy groups -OCH3 is 1. The van der Waals surface area contributed by atoms with E-state index in [-0.39, 0.29) is 0 Å². The molecule has 0 aliphatic heterocycles. The first-order chi connectivity index (χ1) is 10.2. The highest BCUT2D eigenvalue weighted by molar-refractivity contribution is 5.43. The van der Waals surface area contributed by atoms with E-state index in [4.69, 9.17) is 9.47 Å². The van der Waals surface area contributed by atoms with Crippen molar-refractivity contribution in [2.45, 2.75) is 26.5 Å². The molecule has 1 N–H and O–H groups in total. The molecule has 0 unspecified atom stereocenters. The van der Waals surface area contributed by atoms with Crippen molar-refractivity contribution in [1.82, 2.24) is 20.1 Å². The fourth-order valence-corrected chi connectivity index (χ4v) is 1.93. The number of nitrogens with zero attached hydrogens (tertiary/aromatic N) is 3. The highest BCUT2D eigenvalue weighted by Crippen LogP contribution is 2.28. The van der Waals surface area contributed by atoms with Crippen molar-refractivity contribution in [2.75, 3.05) is 13.7 Å². The summed E-state index contributed by atoms with van der Waals surface area (Å²) < 4.78 is 13.0. The third kappa shape index (κ3) is 4.19. The highest BCUT2D eigenvalue weighted by Gasteiger charge is 2.08. The van der Waals surface area contributed by atoms with Gasteiger partial charge < -0.3 is 19.4 Å². The van der Waals surface area contributed by atoms with Crippen LogP contribution in [0.5, 0.6) is 11.5 Å². The van der Waals surface area contributed by atoms with Crippen molar-refractivity contribution in [1.29, 1.82) is 0 Å². The van der Waals surface area contributed by atoms with Gasteiger partial charge in [0.2, 0.25) is 0 Å². The Morgan fingerprint density at radius 3 is 2.81 bits per heavy atom. The molecule has 0 amide bonds. The number of aromatic nitrogens is 3. The molecule has 0 aliphatic carbocycles. The van der Waals surface area contributed by atoms with E-state index in [1.165, 1.54) is 5.56 Å². The summed E-state index contributed by atoms with van der Waals surface area (Å²) in [7, 11) is 3.53. The van der Waals surface area contributed by atoms with Crippen molar-refractivity contribution in [2.24, 2.45) is 7.05 Å². The zero-order chi connectivity index (χ0) is 15.1. The van der Waals surface area contributed by atoms with Crippen molar-refractivity contribution in [3.8, 4) is 11.5 Å². The van der Waals surface area contributed by atoms with Crippen molar-refractivity contribution in [3.05, 3.63) is 35.9 Å². The normalized spacial score (nSPS) is 10.6. The molecule has 0 bridgehead atoms.